The number of fused-ring (bicyclic) bond motifs is 1. The third-order valence-electron chi connectivity index (χ3n) is 3.65. The van der Waals surface area contributed by atoms with E-state index in [0.29, 0.717) is 5.82 Å². The summed E-state index contributed by atoms with van der Waals surface area (Å²) in [5, 5.41) is 13.8. The van der Waals surface area contributed by atoms with Crippen molar-refractivity contribution >= 4 is 28.4 Å². The van der Waals surface area contributed by atoms with Crippen LogP contribution < -0.4 is 4.74 Å². The summed E-state index contributed by atoms with van der Waals surface area (Å²) in [4.78, 5) is 0.741. The van der Waals surface area contributed by atoms with E-state index >= 15 is 0 Å². The lowest BCUT2D eigenvalue weighted by molar-refractivity contribution is 0.414. The second-order valence-corrected chi connectivity index (χ2v) is 6.11. The summed E-state index contributed by atoms with van der Waals surface area (Å²) in [6, 6.07) is 9.71. The highest BCUT2D eigenvalue weighted by molar-refractivity contribution is 7.17. The van der Waals surface area contributed by atoms with Crippen LogP contribution in [0.2, 0.25) is 0 Å². The zero-order valence-electron chi connectivity index (χ0n) is 13.1. The van der Waals surface area contributed by atoms with E-state index in [0.717, 1.165) is 32.6 Å². The van der Waals surface area contributed by atoms with Crippen LogP contribution in [-0.4, -0.2) is 26.9 Å². The lowest BCUT2D eigenvalue weighted by atomic mass is 10.2. The van der Waals surface area contributed by atoms with Crippen LogP contribution in [0.1, 0.15) is 16.3 Å². The Morgan fingerprint density at radius 1 is 1.17 bits per heavy atom. The minimum Gasteiger partial charge on any atom is -0.496 e. The van der Waals surface area contributed by atoms with E-state index in [1.165, 1.54) is 11.3 Å². The maximum atomic E-state index is 5.35. The van der Waals surface area contributed by atoms with Crippen molar-refractivity contribution in [3.8, 4) is 17.1 Å². The first kappa shape index (κ1) is 14.6. The molecule has 0 radical (unpaired) electrons. The van der Waals surface area contributed by atoms with Crippen molar-refractivity contribution in [3.63, 3.8) is 0 Å². The van der Waals surface area contributed by atoms with Crippen LogP contribution in [0.4, 0.5) is 0 Å². The molecule has 0 N–H and O–H groups in total. The highest BCUT2D eigenvalue weighted by atomic mass is 32.1. The Kier molecular flexibility index (Phi) is 3.62. The summed E-state index contributed by atoms with van der Waals surface area (Å²) in [6.45, 7) is 1.89. The van der Waals surface area contributed by atoms with Gasteiger partial charge in [0.15, 0.2) is 5.82 Å². The molecule has 0 saturated carbocycles. The fourth-order valence-corrected chi connectivity index (χ4v) is 3.19. The second kappa shape index (κ2) is 5.93. The lowest BCUT2D eigenvalue weighted by Crippen LogP contribution is -1.90. The molecule has 7 heteroatoms. The van der Waals surface area contributed by atoms with Gasteiger partial charge in [0, 0.05) is 5.56 Å². The third-order valence-corrected chi connectivity index (χ3v) is 4.51. The normalized spacial score (nSPS) is 11.6. The molecule has 0 aliphatic heterocycles. The molecule has 1 aromatic carbocycles. The predicted octanol–water partition coefficient (Wildman–Crippen LogP) is 3.93. The summed E-state index contributed by atoms with van der Waals surface area (Å²) in [7, 11) is 1.66. The van der Waals surface area contributed by atoms with Crippen molar-refractivity contribution in [1.29, 1.82) is 0 Å². The maximum Gasteiger partial charge on any atom is 0.235 e. The number of benzene rings is 1. The van der Waals surface area contributed by atoms with Crippen molar-refractivity contribution in [2.75, 3.05) is 7.11 Å². The Balaban J connectivity index is 1.70. The van der Waals surface area contributed by atoms with Gasteiger partial charge >= 0.3 is 0 Å². The standard InChI is InChI=1S/C17H14N4O2S/c1-11-13(9-10-23-11)16-18-19-17-21(16)20-15(24-17)8-7-12-5-3-4-6-14(12)22-2/h3-10H,1-2H3/b8-7+. The molecule has 6 nitrogen and oxygen atoms in total. The molecule has 0 atom stereocenters. The fraction of sp³-hybridized carbons (Fsp3) is 0.118. The number of ether oxygens (including phenoxy) is 1. The minimum absolute atomic E-state index is 0.685. The molecule has 0 unspecified atom stereocenters. The number of para-hydroxylation sites is 1. The van der Waals surface area contributed by atoms with Gasteiger partial charge in [0.25, 0.3) is 0 Å². The number of methoxy groups -OCH3 is 1. The molecule has 0 amide bonds. The molecule has 4 rings (SSSR count). The molecular formula is C17H14N4O2S. The van der Waals surface area contributed by atoms with E-state index < -0.39 is 0 Å². The van der Waals surface area contributed by atoms with Crippen LogP contribution in [0.3, 0.4) is 0 Å². The van der Waals surface area contributed by atoms with E-state index in [1.807, 2.05) is 49.4 Å². The summed E-state index contributed by atoms with van der Waals surface area (Å²) in [5.74, 6) is 2.30. The molecule has 3 aromatic heterocycles. The molecule has 0 saturated heterocycles. The van der Waals surface area contributed by atoms with E-state index in [4.69, 9.17) is 9.15 Å². The monoisotopic (exact) mass is 338 g/mol. The quantitative estimate of drug-likeness (QED) is 0.564. The SMILES string of the molecule is COc1ccccc1/C=C/c1nn2c(-c3ccoc3C)nnc2s1. The highest BCUT2D eigenvalue weighted by Crippen LogP contribution is 2.26. The molecule has 24 heavy (non-hydrogen) atoms. The van der Waals surface area contributed by atoms with Crippen molar-refractivity contribution in [2.24, 2.45) is 0 Å². The fourth-order valence-electron chi connectivity index (χ4n) is 2.45. The van der Waals surface area contributed by atoms with E-state index in [-0.39, 0.29) is 0 Å². The Hall–Kier alpha value is -2.93. The van der Waals surface area contributed by atoms with Crippen LogP contribution >= 0.6 is 11.3 Å². The molecule has 0 aliphatic carbocycles. The number of furan rings is 1. The van der Waals surface area contributed by atoms with Gasteiger partial charge in [-0.15, -0.1) is 10.2 Å². The van der Waals surface area contributed by atoms with Gasteiger partial charge in [0.1, 0.15) is 16.5 Å². The summed E-state index contributed by atoms with van der Waals surface area (Å²) in [6.07, 6.45) is 5.57. The molecule has 0 aliphatic rings. The summed E-state index contributed by atoms with van der Waals surface area (Å²) >= 11 is 1.47. The van der Waals surface area contributed by atoms with Crippen LogP contribution in [0, 0.1) is 6.92 Å². The first-order valence-electron chi connectivity index (χ1n) is 7.34. The van der Waals surface area contributed by atoms with Crippen LogP contribution in [0.5, 0.6) is 5.75 Å². The molecular weight excluding hydrogens is 324 g/mol. The topological polar surface area (TPSA) is 65.5 Å². The van der Waals surface area contributed by atoms with E-state index in [1.54, 1.807) is 17.9 Å². The van der Waals surface area contributed by atoms with Gasteiger partial charge in [-0.05, 0) is 31.2 Å². The Labute approximate surface area is 142 Å². The van der Waals surface area contributed by atoms with E-state index in [2.05, 4.69) is 15.3 Å². The van der Waals surface area contributed by atoms with Crippen molar-refractivity contribution in [2.45, 2.75) is 6.92 Å². The Morgan fingerprint density at radius 2 is 2.04 bits per heavy atom. The largest absolute Gasteiger partial charge is 0.496 e. The number of hydrogen-bond donors (Lipinski definition) is 0. The average molecular weight is 338 g/mol. The predicted molar refractivity (Wildman–Crippen MR) is 93.0 cm³/mol. The number of hydrogen-bond acceptors (Lipinski definition) is 6. The molecule has 4 aromatic rings. The smallest absolute Gasteiger partial charge is 0.235 e. The zero-order chi connectivity index (χ0) is 16.5. The van der Waals surface area contributed by atoms with Crippen molar-refractivity contribution < 1.29 is 9.15 Å². The number of nitrogens with zero attached hydrogens (tertiary/aromatic N) is 4. The second-order valence-electron chi connectivity index (χ2n) is 5.12. The first-order chi connectivity index (χ1) is 11.8. The van der Waals surface area contributed by atoms with Crippen LogP contribution in [0.25, 0.3) is 28.5 Å². The van der Waals surface area contributed by atoms with Gasteiger partial charge in [-0.25, -0.2) is 0 Å². The van der Waals surface area contributed by atoms with Crippen LogP contribution in [0.15, 0.2) is 41.0 Å². The van der Waals surface area contributed by atoms with Gasteiger partial charge in [-0.2, -0.15) is 9.61 Å². The van der Waals surface area contributed by atoms with Gasteiger partial charge in [-0.1, -0.05) is 29.5 Å². The summed E-state index contributed by atoms with van der Waals surface area (Å²) in [5.41, 5.74) is 1.89. The molecule has 3 heterocycles. The van der Waals surface area contributed by atoms with Crippen molar-refractivity contribution in [3.05, 3.63) is 52.9 Å². The molecule has 120 valence electrons. The number of aromatic nitrogens is 4. The van der Waals surface area contributed by atoms with Gasteiger partial charge < -0.3 is 9.15 Å². The maximum absolute atomic E-state index is 5.35. The third kappa shape index (κ3) is 2.48. The minimum atomic E-state index is 0.685. The van der Waals surface area contributed by atoms with Crippen LogP contribution in [-0.2, 0) is 0 Å². The first-order valence-corrected chi connectivity index (χ1v) is 8.16. The van der Waals surface area contributed by atoms with Gasteiger partial charge in [-0.3, -0.25) is 0 Å². The van der Waals surface area contributed by atoms with E-state index in [9.17, 15) is 0 Å². The number of aryl methyl sites for hydroxylation is 1. The highest BCUT2D eigenvalue weighted by Gasteiger charge is 2.15. The molecule has 0 spiro atoms. The van der Waals surface area contributed by atoms with Crippen molar-refractivity contribution in [1.82, 2.24) is 19.8 Å². The molecule has 0 bridgehead atoms. The summed E-state index contributed by atoms with van der Waals surface area (Å²) < 4.78 is 12.4. The Morgan fingerprint density at radius 3 is 2.83 bits per heavy atom. The number of rotatable bonds is 4. The van der Waals surface area contributed by atoms with Gasteiger partial charge in [0.05, 0.1) is 18.9 Å². The Bertz CT molecular complexity index is 1030. The van der Waals surface area contributed by atoms with Gasteiger partial charge in [0.2, 0.25) is 4.96 Å². The zero-order valence-corrected chi connectivity index (χ0v) is 13.9. The average Bonchev–Trinajstić information content (AvgIpc) is 3.28. The lowest BCUT2D eigenvalue weighted by Gasteiger charge is -2.02. The molecule has 0 fully saturated rings.